The molecule has 1 saturated heterocycles. The van der Waals surface area contributed by atoms with E-state index in [4.69, 9.17) is 4.74 Å². The second-order valence-electron chi connectivity index (χ2n) is 3.80. The van der Waals surface area contributed by atoms with Crippen LogP contribution in [0.5, 0.6) is 0 Å². The third kappa shape index (κ3) is 2.30. The van der Waals surface area contributed by atoms with Gasteiger partial charge in [-0.05, 0) is 19.4 Å². The minimum absolute atomic E-state index is 0.257. The van der Waals surface area contributed by atoms with Crippen molar-refractivity contribution in [1.29, 1.82) is 0 Å². The normalized spacial score (nSPS) is 41.3. The van der Waals surface area contributed by atoms with Gasteiger partial charge in [0.15, 0.2) is 6.29 Å². The molecule has 0 saturated carbocycles. The summed E-state index contributed by atoms with van der Waals surface area (Å²) in [4.78, 5) is 0. The topological polar surface area (TPSA) is 110 Å². The molecular formula is C9H16O6. The molecular weight excluding hydrogens is 204 g/mol. The van der Waals surface area contributed by atoms with Crippen molar-refractivity contribution in [2.75, 3.05) is 0 Å². The molecule has 6 nitrogen and oxygen atoms in total. The molecule has 1 aliphatic heterocycles. The Morgan fingerprint density at radius 3 is 1.93 bits per heavy atom. The van der Waals surface area contributed by atoms with Crippen molar-refractivity contribution in [2.45, 2.75) is 44.6 Å². The Labute approximate surface area is 87.0 Å². The van der Waals surface area contributed by atoms with Crippen molar-refractivity contribution in [3.63, 3.8) is 0 Å². The van der Waals surface area contributed by atoms with Crippen molar-refractivity contribution < 1.29 is 30.3 Å². The first-order chi connectivity index (χ1) is 6.86. The van der Waals surface area contributed by atoms with Crippen molar-refractivity contribution in [3.05, 3.63) is 11.3 Å². The lowest BCUT2D eigenvalue weighted by Gasteiger charge is -2.38. The Kier molecular flexibility index (Phi) is 3.69. The van der Waals surface area contributed by atoms with E-state index in [0.29, 0.717) is 5.57 Å². The highest BCUT2D eigenvalue weighted by Gasteiger charge is 2.44. The Balaban J connectivity index is 2.89. The second-order valence-corrected chi connectivity index (χ2v) is 3.80. The highest BCUT2D eigenvalue weighted by atomic mass is 16.6. The minimum atomic E-state index is -1.63. The van der Waals surface area contributed by atoms with E-state index in [9.17, 15) is 25.5 Å². The SMILES string of the molecule is CC(C)=C(O)[C@H]1O[C@@H](O)[C@H](O)[C@@H](O)[C@@H]1O. The second kappa shape index (κ2) is 4.46. The van der Waals surface area contributed by atoms with E-state index in [1.807, 2.05) is 0 Å². The van der Waals surface area contributed by atoms with Crippen LogP contribution in [0.2, 0.25) is 0 Å². The number of hydrogen-bond acceptors (Lipinski definition) is 6. The maximum atomic E-state index is 9.53. The molecule has 0 radical (unpaired) electrons. The molecule has 0 spiro atoms. The average Bonchev–Trinajstić information content (AvgIpc) is 2.19. The van der Waals surface area contributed by atoms with Gasteiger partial charge in [-0.3, -0.25) is 0 Å². The number of allylic oxidation sites excluding steroid dienone is 1. The number of aliphatic hydroxyl groups is 5. The van der Waals surface area contributed by atoms with Crippen LogP contribution in [0.1, 0.15) is 13.8 Å². The lowest BCUT2D eigenvalue weighted by molar-refractivity contribution is -0.278. The summed E-state index contributed by atoms with van der Waals surface area (Å²) in [5, 5.41) is 46.7. The zero-order valence-corrected chi connectivity index (χ0v) is 8.53. The summed E-state index contributed by atoms with van der Waals surface area (Å²) in [6.45, 7) is 3.18. The highest BCUT2D eigenvalue weighted by Crippen LogP contribution is 2.24. The average molecular weight is 220 g/mol. The van der Waals surface area contributed by atoms with Crippen LogP contribution in [0.4, 0.5) is 0 Å². The molecule has 0 aromatic heterocycles. The first-order valence-corrected chi connectivity index (χ1v) is 4.60. The van der Waals surface area contributed by atoms with E-state index in [-0.39, 0.29) is 5.76 Å². The van der Waals surface area contributed by atoms with Crippen LogP contribution in [0.3, 0.4) is 0 Å². The van der Waals surface area contributed by atoms with Gasteiger partial charge >= 0.3 is 0 Å². The van der Waals surface area contributed by atoms with Crippen LogP contribution in [0.25, 0.3) is 0 Å². The molecule has 0 aromatic carbocycles. The fraction of sp³-hybridized carbons (Fsp3) is 0.778. The quantitative estimate of drug-likeness (QED) is 0.349. The molecule has 1 heterocycles. The molecule has 0 aromatic rings. The van der Waals surface area contributed by atoms with Gasteiger partial charge in [0.1, 0.15) is 30.2 Å². The molecule has 0 unspecified atom stereocenters. The molecule has 5 atom stereocenters. The van der Waals surface area contributed by atoms with Gasteiger partial charge in [-0.15, -0.1) is 0 Å². The molecule has 88 valence electrons. The predicted molar refractivity (Wildman–Crippen MR) is 49.9 cm³/mol. The van der Waals surface area contributed by atoms with E-state index in [1.165, 1.54) is 0 Å². The van der Waals surface area contributed by atoms with Gasteiger partial charge in [0.25, 0.3) is 0 Å². The van der Waals surface area contributed by atoms with Crippen LogP contribution in [0, 0.1) is 0 Å². The molecule has 5 N–H and O–H groups in total. The standard InChI is InChI=1S/C9H16O6/c1-3(2)4(10)8-6(12)5(11)7(13)9(14)15-8/h5-14H,1-2H3/t5-,6-,7+,8+,9+/m0/s1. The van der Waals surface area contributed by atoms with Crippen LogP contribution in [0.15, 0.2) is 11.3 Å². The van der Waals surface area contributed by atoms with Gasteiger partial charge in [0.2, 0.25) is 0 Å². The predicted octanol–water partition coefficient (Wildman–Crippen LogP) is -1.36. The summed E-state index contributed by atoms with van der Waals surface area (Å²) >= 11 is 0. The molecule has 0 aliphatic carbocycles. The summed E-state index contributed by atoms with van der Waals surface area (Å²) in [6.07, 6.45) is -7.46. The Bertz CT molecular complexity index is 259. The van der Waals surface area contributed by atoms with E-state index in [0.717, 1.165) is 0 Å². The Morgan fingerprint density at radius 2 is 1.47 bits per heavy atom. The third-order valence-electron chi connectivity index (χ3n) is 2.37. The lowest BCUT2D eigenvalue weighted by atomic mass is 9.96. The molecule has 1 fully saturated rings. The van der Waals surface area contributed by atoms with Gasteiger partial charge in [-0.2, -0.15) is 0 Å². The first kappa shape index (κ1) is 12.4. The van der Waals surface area contributed by atoms with Gasteiger partial charge in [0.05, 0.1) is 0 Å². The lowest BCUT2D eigenvalue weighted by Crippen LogP contribution is -2.58. The third-order valence-corrected chi connectivity index (χ3v) is 2.37. The van der Waals surface area contributed by atoms with Crippen molar-refractivity contribution >= 4 is 0 Å². The Hall–Kier alpha value is -0.660. The molecule has 0 bridgehead atoms. The zero-order valence-electron chi connectivity index (χ0n) is 8.53. The summed E-state index contributed by atoms with van der Waals surface area (Å²) < 4.78 is 4.79. The molecule has 0 amide bonds. The van der Waals surface area contributed by atoms with Gasteiger partial charge in [0, 0.05) is 0 Å². The van der Waals surface area contributed by atoms with Crippen molar-refractivity contribution in [2.24, 2.45) is 0 Å². The van der Waals surface area contributed by atoms with Crippen LogP contribution >= 0.6 is 0 Å². The van der Waals surface area contributed by atoms with Crippen molar-refractivity contribution in [1.82, 2.24) is 0 Å². The summed E-state index contributed by atoms with van der Waals surface area (Å²) in [5.41, 5.74) is 0.495. The van der Waals surface area contributed by atoms with E-state index < -0.39 is 30.7 Å². The van der Waals surface area contributed by atoms with Crippen LogP contribution < -0.4 is 0 Å². The largest absolute Gasteiger partial charge is 0.510 e. The fourth-order valence-electron chi connectivity index (χ4n) is 1.37. The molecule has 1 aliphatic rings. The summed E-state index contributed by atoms with van der Waals surface area (Å²) in [5.74, 6) is -0.257. The van der Waals surface area contributed by atoms with Gasteiger partial charge < -0.3 is 30.3 Å². The van der Waals surface area contributed by atoms with E-state index in [2.05, 4.69) is 0 Å². The zero-order chi connectivity index (χ0) is 11.7. The minimum Gasteiger partial charge on any atom is -0.510 e. The maximum Gasteiger partial charge on any atom is 0.184 e. The summed E-state index contributed by atoms with van der Waals surface area (Å²) in [6, 6.07) is 0. The van der Waals surface area contributed by atoms with Crippen molar-refractivity contribution in [3.8, 4) is 0 Å². The first-order valence-electron chi connectivity index (χ1n) is 4.60. The van der Waals surface area contributed by atoms with Crippen LogP contribution in [-0.4, -0.2) is 56.2 Å². The highest BCUT2D eigenvalue weighted by molar-refractivity contribution is 5.11. The van der Waals surface area contributed by atoms with E-state index >= 15 is 0 Å². The number of rotatable bonds is 1. The monoisotopic (exact) mass is 220 g/mol. The van der Waals surface area contributed by atoms with Gasteiger partial charge in [-0.25, -0.2) is 0 Å². The summed E-state index contributed by atoms with van der Waals surface area (Å²) in [7, 11) is 0. The fourth-order valence-corrected chi connectivity index (χ4v) is 1.37. The van der Waals surface area contributed by atoms with E-state index in [1.54, 1.807) is 13.8 Å². The molecule has 6 heteroatoms. The maximum absolute atomic E-state index is 9.53. The molecule has 15 heavy (non-hydrogen) atoms. The van der Waals surface area contributed by atoms with Crippen LogP contribution in [-0.2, 0) is 4.74 Å². The number of ether oxygens (including phenoxy) is 1. The molecule has 1 rings (SSSR count). The smallest absolute Gasteiger partial charge is 0.184 e. The number of hydrogen-bond donors (Lipinski definition) is 5. The van der Waals surface area contributed by atoms with Gasteiger partial charge in [-0.1, -0.05) is 0 Å². The number of aliphatic hydroxyl groups excluding tert-OH is 5. The Morgan fingerprint density at radius 1 is 0.933 bits per heavy atom.